The van der Waals surface area contributed by atoms with Crippen LogP contribution in [0.3, 0.4) is 0 Å². The Kier molecular flexibility index (Phi) is 3.82. The van der Waals surface area contributed by atoms with E-state index in [2.05, 4.69) is 10.6 Å². The number of nitrogens with one attached hydrogen (secondary N) is 2. The summed E-state index contributed by atoms with van der Waals surface area (Å²) in [5.41, 5.74) is 0.234. The molecule has 1 saturated heterocycles. The van der Waals surface area contributed by atoms with E-state index >= 15 is 0 Å². The molecule has 0 aromatic rings. The number of rotatable bonds is 6. The third-order valence-electron chi connectivity index (χ3n) is 3.90. The first-order valence-electron chi connectivity index (χ1n) is 6.32. The molecule has 2 fully saturated rings. The Labute approximate surface area is 96.8 Å². The number of carbonyl (C=O) groups excluding carboxylic acids is 1. The number of amides is 1. The van der Waals surface area contributed by atoms with Gasteiger partial charge in [0.05, 0.1) is 0 Å². The van der Waals surface area contributed by atoms with Crippen molar-refractivity contribution in [1.82, 2.24) is 10.6 Å². The van der Waals surface area contributed by atoms with Crippen LogP contribution in [0.4, 0.5) is 0 Å². The predicted molar refractivity (Wildman–Crippen MR) is 62.0 cm³/mol. The van der Waals surface area contributed by atoms with Gasteiger partial charge in [-0.15, -0.1) is 0 Å². The highest BCUT2D eigenvalue weighted by Crippen LogP contribution is 2.47. The molecule has 1 amide bonds. The minimum Gasteiger partial charge on any atom is -0.396 e. The van der Waals surface area contributed by atoms with E-state index in [1.54, 1.807) is 0 Å². The lowest BCUT2D eigenvalue weighted by Crippen LogP contribution is -2.32. The second kappa shape index (κ2) is 5.15. The van der Waals surface area contributed by atoms with Crippen LogP contribution in [0.25, 0.3) is 0 Å². The summed E-state index contributed by atoms with van der Waals surface area (Å²) in [6, 6.07) is 0. The molecule has 0 aromatic carbocycles. The Morgan fingerprint density at radius 2 is 2.31 bits per heavy atom. The van der Waals surface area contributed by atoms with E-state index < -0.39 is 0 Å². The first kappa shape index (κ1) is 11.9. The van der Waals surface area contributed by atoms with Crippen LogP contribution in [0, 0.1) is 11.3 Å². The second-order valence-corrected chi connectivity index (χ2v) is 5.31. The molecule has 4 heteroatoms. The minimum absolute atomic E-state index is 0.179. The molecule has 3 N–H and O–H groups in total. The summed E-state index contributed by atoms with van der Waals surface area (Å²) >= 11 is 0. The number of hydrogen-bond donors (Lipinski definition) is 3. The van der Waals surface area contributed by atoms with Crippen molar-refractivity contribution in [2.75, 3.05) is 26.2 Å². The average molecular weight is 226 g/mol. The van der Waals surface area contributed by atoms with Crippen LogP contribution in [0.1, 0.15) is 32.1 Å². The molecule has 1 heterocycles. The molecule has 16 heavy (non-hydrogen) atoms. The zero-order valence-corrected chi connectivity index (χ0v) is 9.80. The molecule has 2 aliphatic rings. The zero-order valence-electron chi connectivity index (χ0n) is 9.80. The molecule has 0 spiro atoms. The van der Waals surface area contributed by atoms with Gasteiger partial charge >= 0.3 is 0 Å². The predicted octanol–water partition coefficient (Wildman–Crippen LogP) is 0.265. The molecular weight excluding hydrogens is 204 g/mol. The topological polar surface area (TPSA) is 61.4 Å². The van der Waals surface area contributed by atoms with Gasteiger partial charge in [0.15, 0.2) is 0 Å². The summed E-state index contributed by atoms with van der Waals surface area (Å²) in [7, 11) is 0. The Hall–Kier alpha value is -0.610. The highest BCUT2D eigenvalue weighted by molar-refractivity contribution is 5.76. The highest BCUT2D eigenvalue weighted by atomic mass is 16.3. The monoisotopic (exact) mass is 226 g/mol. The SMILES string of the molecule is O=C(CC1CCNC1)NCC1(CCO)CC1. The van der Waals surface area contributed by atoms with E-state index in [0.29, 0.717) is 12.3 Å². The number of hydrogen-bond acceptors (Lipinski definition) is 3. The summed E-state index contributed by atoms with van der Waals surface area (Å²) < 4.78 is 0. The lowest BCUT2D eigenvalue weighted by molar-refractivity contribution is -0.122. The van der Waals surface area contributed by atoms with E-state index in [4.69, 9.17) is 5.11 Å². The lowest BCUT2D eigenvalue weighted by atomic mass is 10.0. The maximum Gasteiger partial charge on any atom is 0.220 e. The lowest BCUT2D eigenvalue weighted by Gasteiger charge is -2.15. The Bertz CT molecular complexity index is 245. The minimum atomic E-state index is 0.179. The number of carbonyl (C=O) groups is 1. The molecule has 1 aliphatic carbocycles. The van der Waals surface area contributed by atoms with E-state index in [1.807, 2.05) is 0 Å². The van der Waals surface area contributed by atoms with E-state index in [-0.39, 0.29) is 17.9 Å². The second-order valence-electron chi connectivity index (χ2n) is 5.31. The van der Waals surface area contributed by atoms with Gasteiger partial charge in [0, 0.05) is 19.6 Å². The van der Waals surface area contributed by atoms with Crippen LogP contribution < -0.4 is 10.6 Å². The van der Waals surface area contributed by atoms with Crippen LogP contribution in [-0.2, 0) is 4.79 Å². The molecule has 2 rings (SSSR count). The molecular formula is C12H22N2O2. The third-order valence-corrected chi connectivity index (χ3v) is 3.90. The van der Waals surface area contributed by atoms with E-state index in [0.717, 1.165) is 45.3 Å². The first-order valence-corrected chi connectivity index (χ1v) is 6.32. The van der Waals surface area contributed by atoms with Crippen LogP contribution in [0.15, 0.2) is 0 Å². The molecule has 1 unspecified atom stereocenters. The molecule has 0 aromatic heterocycles. The van der Waals surface area contributed by atoms with Crippen molar-refractivity contribution in [3.05, 3.63) is 0 Å². The van der Waals surface area contributed by atoms with E-state index in [9.17, 15) is 4.79 Å². The van der Waals surface area contributed by atoms with Crippen molar-refractivity contribution >= 4 is 5.91 Å². The smallest absolute Gasteiger partial charge is 0.220 e. The van der Waals surface area contributed by atoms with Crippen molar-refractivity contribution in [2.45, 2.75) is 32.1 Å². The summed E-state index contributed by atoms with van der Waals surface area (Å²) in [5.74, 6) is 0.700. The van der Waals surface area contributed by atoms with Crippen molar-refractivity contribution < 1.29 is 9.90 Å². The van der Waals surface area contributed by atoms with Gasteiger partial charge in [-0.05, 0) is 50.1 Å². The fourth-order valence-electron chi connectivity index (χ4n) is 2.44. The molecule has 4 nitrogen and oxygen atoms in total. The Morgan fingerprint density at radius 1 is 1.50 bits per heavy atom. The highest BCUT2D eigenvalue weighted by Gasteiger charge is 2.41. The summed E-state index contributed by atoms with van der Waals surface area (Å²) in [4.78, 5) is 11.7. The number of aliphatic hydroxyl groups excluding tert-OH is 1. The third kappa shape index (κ3) is 3.19. The molecule has 1 saturated carbocycles. The molecule has 0 radical (unpaired) electrons. The van der Waals surface area contributed by atoms with Gasteiger partial charge in [0.25, 0.3) is 0 Å². The van der Waals surface area contributed by atoms with Gasteiger partial charge in [0.1, 0.15) is 0 Å². The van der Waals surface area contributed by atoms with Crippen LogP contribution in [0.2, 0.25) is 0 Å². The quantitative estimate of drug-likeness (QED) is 0.609. The van der Waals surface area contributed by atoms with Crippen LogP contribution in [-0.4, -0.2) is 37.3 Å². The summed E-state index contributed by atoms with van der Waals surface area (Å²) in [6.45, 7) is 3.02. The standard InChI is InChI=1S/C12H22N2O2/c15-6-4-12(2-3-12)9-14-11(16)7-10-1-5-13-8-10/h10,13,15H,1-9H2,(H,14,16). The van der Waals surface area contributed by atoms with Gasteiger partial charge in [0.2, 0.25) is 5.91 Å². The fourth-order valence-corrected chi connectivity index (χ4v) is 2.44. The zero-order chi connectivity index (χ0) is 11.4. The van der Waals surface area contributed by atoms with Crippen LogP contribution in [0.5, 0.6) is 0 Å². The van der Waals surface area contributed by atoms with Gasteiger partial charge in [-0.1, -0.05) is 0 Å². The molecule has 92 valence electrons. The Morgan fingerprint density at radius 3 is 2.88 bits per heavy atom. The van der Waals surface area contributed by atoms with Crippen molar-refractivity contribution in [2.24, 2.45) is 11.3 Å². The number of aliphatic hydroxyl groups is 1. The van der Waals surface area contributed by atoms with Crippen molar-refractivity contribution in [3.63, 3.8) is 0 Å². The average Bonchev–Trinajstić information content (AvgIpc) is 2.83. The van der Waals surface area contributed by atoms with Gasteiger partial charge in [-0.3, -0.25) is 4.79 Å². The van der Waals surface area contributed by atoms with E-state index in [1.165, 1.54) is 0 Å². The van der Waals surface area contributed by atoms with Crippen LogP contribution >= 0.6 is 0 Å². The normalized spacial score (nSPS) is 26.7. The van der Waals surface area contributed by atoms with Crippen molar-refractivity contribution in [3.8, 4) is 0 Å². The van der Waals surface area contributed by atoms with Gasteiger partial charge in [-0.25, -0.2) is 0 Å². The van der Waals surface area contributed by atoms with Crippen molar-refractivity contribution in [1.29, 1.82) is 0 Å². The summed E-state index contributed by atoms with van der Waals surface area (Å²) in [6.07, 6.45) is 4.91. The van der Waals surface area contributed by atoms with Gasteiger partial charge < -0.3 is 15.7 Å². The Balaban J connectivity index is 1.63. The van der Waals surface area contributed by atoms with Gasteiger partial charge in [-0.2, -0.15) is 0 Å². The molecule has 0 bridgehead atoms. The fraction of sp³-hybridized carbons (Fsp3) is 0.917. The summed E-state index contributed by atoms with van der Waals surface area (Å²) in [5, 5.41) is 15.2. The maximum atomic E-state index is 11.7. The largest absolute Gasteiger partial charge is 0.396 e. The molecule has 1 atom stereocenters. The first-order chi connectivity index (χ1) is 7.74. The maximum absolute atomic E-state index is 11.7. The molecule has 1 aliphatic heterocycles.